The molecule has 17 heavy (non-hydrogen) atoms. The molecule has 0 aliphatic rings. The van der Waals surface area contributed by atoms with E-state index in [9.17, 15) is 13.3 Å². The Hall–Kier alpha value is -0.0700. The third-order valence-electron chi connectivity index (χ3n) is 1.81. The lowest BCUT2D eigenvalue weighted by atomic mass is 10.5. The van der Waals surface area contributed by atoms with Gasteiger partial charge in [-0.05, 0) is 13.8 Å². The van der Waals surface area contributed by atoms with Crippen LogP contribution >= 0.6 is 7.60 Å². The SMILES string of the molecule is CCOP(=O)(OCC)C(F)(F)CCOCCN. The topological polar surface area (TPSA) is 70.8 Å². The molecule has 0 unspecified atom stereocenters. The third-order valence-corrected chi connectivity index (χ3v) is 4.03. The van der Waals surface area contributed by atoms with Crippen LogP contribution in [0.25, 0.3) is 0 Å². The zero-order valence-corrected chi connectivity index (χ0v) is 11.1. The Labute approximate surface area is 100 Å². The Balaban J connectivity index is 4.43. The maximum atomic E-state index is 13.6. The third kappa shape index (κ3) is 5.40. The average molecular weight is 275 g/mol. The minimum atomic E-state index is -4.42. The summed E-state index contributed by atoms with van der Waals surface area (Å²) in [5.74, 6) is 0. The Bertz CT molecular complexity index is 243. The van der Waals surface area contributed by atoms with Gasteiger partial charge >= 0.3 is 13.3 Å². The van der Waals surface area contributed by atoms with Crippen LogP contribution in [0.3, 0.4) is 0 Å². The van der Waals surface area contributed by atoms with Crippen LogP contribution in [0.15, 0.2) is 0 Å². The van der Waals surface area contributed by atoms with E-state index in [1.165, 1.54) is 13.8 Å². The summed E-state index contributed by atoms with van der Waals surface area (Å²) in [5, 5.41) is 0. The smallest absolute Gasteiger partial charge is 0.380 e. The molecule has 0 rings (SSSR count). The molecule has 0 saturated heterocycles. The van der Waals surface area contributed by atoms with Crippen molar-refractivity contribution in [3.8, 4) is 0 Å². The van der Waals surface area contributed by atoms with Crippen LogP contribution in [0.4, 0.5) is 8.78 Å². The molecule has 0 spiro atoms. The van der Waals surface area contributed by atoms with E-state index in [4.69, 9.17) is 10.5 Å². The fraction of sp³-hybridized carbons (Fsp3) is 1.00. The molecule has 0 aliphatic carbocycles. The van der Waals surface area contributed by atoms with Crippen molar-refractivity contribution in [1.82, 2.24) is 0 Å². The normalized spacial score (nSPS) is 13.0. The lowest BCUT2D eigenvalue weighted by Gasteiger charge is -2.25. The molecular weight excluding hydrogens is 255 g/mol. The first-order valence-corrected chi connectivity index (χ1v) is 7.02. The summed E-state index contributed by atoms with van der Waals surface area (Å²) in [6, 6.07) is 0. The van der Waals surface area contributed by atoms with Crippen molar-refractivity contribution in [3.63, 3.8) is 0 Å². The van der Waals surface area contributed by atoms with Crippen LogP contribution < -0.4 is 5.73 Å². The lowest BCUT2D eigenvalue weighted by Crippen LogP contribution is -2.23. The first-order chi connectivity index (χ1) is 7.93. The van der Waals surface area contributed by atoms with Crippen molar-refractivity contribution in [2.75, 3.05) is 33.0 Å². The zero-order chi connectivity index (χ0) is 13.4. The summed E-state index contributed by atoms with van der Waals surface area (Å²) in [7, 11) is -4.42. The van der Waals surface area contributed by atoms with Gasteiger partial charge in [-0.3, -0.25) is 4.57 Å². The van der Waals surface area contributed by atoms with Gasteiger partial charge in [-0.1, -0.05) is 0 Å². The van der Waals surface area contributed by atoms with E-state index in [2.05, 4.69) is 9.05 Å². The van der Waals surface area contributed by atoms with E-state index in [1.807, 2.05) is 0 Å². The first-order valence-electron chi connectivity index (χ1n) is 5.48. The monoisotopic (exact) mass is 275 g/mol. The maximum Gasteiger partial charge on any atom is 0.399 e. The van der Waals surface area contributed by atoms with Crippen molar-refractivity contribution in [1.29, 1.82) is 0 Å². The number of rotatable bonds is 10. The van der Waals surface area contributed by atoms with Gasteiger partial charge in [-0.15, -0.1) is 0 Å². The number of hydrogen-bond acceptors (Lipinski definition) is 5. The highest BCUT2D eigenvalue weighted by Crippen LogP contribution is 2.63. The summed E-state index contributed by atoms with van der Waals surface area (Å²) < 4.78 is 53.1. The van der Waals surface area contributed by atoms with Gasteiger partial charge < -0.3 is 19.5 Å². The molecule has 104 valence electrons. The first kappa shape index (κ1) is 16.9. The largest absolute Gasteiger partial charge is 0.399 e. The van der Waals surface area contributed by atoms with Crippen LogP contribution in [0.1, 0.15) is 20.3 Å². The molecule has 0 atom stereocenters. The predicted octanol–water partition coefficient (Wildman–Crippen LogP) is 2.21. The summed E-state index contributed by atoms with van der Waals surface area (Å²) >= 11 is 0. The van der Waals surface area contributed by atoms with Crippen LogP contribution in [-0.2, 0) is 18.3 Å². The summed E-state index contributed by atoms with van der Waals surface area (Å²) in [5.41, 5.74) is 1.59. The number of hydrogen-bond donors (Lipinski definition) is 1. The molecule has 0 aromatic heterocycles. The summed E-state index contributed by atoms with van der Waals surface area (Å²) in [6.07, 6.45) is -0.718. The van der Waals surface area contributed by atoms with E-state index in [-0.39, 0.29) is 33.0 Å². The van der Waals surface area contributed by atoms with E-state index < -0.39 is 19.7 Å². The van der Waals surface area contributed by atoms with E-state index in [0.29, 0.717) is 0 Å². The minimum Gasteiger partial charge on any atom is -0.380 e. The molecule has 0 saturated carbocycles. The number of halogens is 2. The molecular formula is C9H20F2NO4P. The molecule has 5 nitrogen and oxygen atoms in total. The van der Waals surface area contributed by atoms with Crippen molar-refractivity contribution < 1.29 is 27.1 Å². The molecule has 0 fully saturated rings. The fourth-order valence-corrected chi connectivity index (χ4v) is 2.58. The van der Waals surface area contributed by atoms with Crippen LogP contribution in [0.2, 0.25) is 0 Å². The molecule has 0 aromatic carbocycles. The highest BCUT2D eigenvalue weighted by Gasteiger charge is 2.52. The molecule has 0 radical (unpaired) electrons. The molecule has 0 aromatic rings. The maximum absolute atomic E-state index is 13.6. The number of ether oxygens (including phenoxy) is 1. The van der Waals surface area contributed by atoms with Gasteiger partial charge in [0.25, 0.3) is 0 Å². The minimum absolute atomic E-state index is 0.101. The zero-order valence-electron chi connectivity index (χ0n) is 10.2. The highest BCUT2D eigenvalue weighted by molar-refractivity contribution is 7.55. The van der Waals surface area contributed by atoms with Crippen molar-refractivity contribution in [2.45, 2.75) is 25.9 Å². The Morgan fingerprint density at radius 3 is 2.12 bits per heavy atom. The van der Waals surface area contributed by atoms with E-state index in [1.54, 1.807) is 0 Å². The van der Waals surface area contributed by atoms with Crippen molar-refractivity contribution in [2.24, 2.45) is 5.73 Å². The van der Waals surface area contributed by atoms with Crippen LogP contribution in [0.5, 0.6) is 0 Å². The van der Waals surface area contributed by atoms with Gasteiger partial charge in [-0.2, -0.15) is 8.78 Å². The van der Waals surface area contributed by atoms with E-state index in [0.717, 1.165) is 0 Å². The quantitative estimate of drug-likeness (QED) is 0.489. The molecule has 0 aliphatic heterocycles. The van der Waals surface area contributed by atoms with Crippen molar-refractivity contribution in [3.05, 3.63) is 0 Å². The number of nitrogens with two attached hydrogens (primary N) is 1. The number of alkyl halides is 2. The Kier molecular flexibility index (Phi) is 8.07. The molecule has 0 bridgehead atoms. The molecule has 8 heteroatoms. The van der Waals surface area contributed by atoms with Gasteiger partial charge in [-0.25, -0.2) is 0 Å². The van der Waals surface area contributed by atoms with Gasteiger partial charge in [0.05, 0.1) is 26.4 Å². The van der Waals surface area contributed by atoms with Crippen LogP contribution in [-0.4, -0.2) is 38.6 Å². The van der Waals surface area contributed by atoms with Crippen LogP contribution in [0, 0.1) is 0 Å². The molecule has 2 N–H and O–H groups in total. The molecule has 0 heterocycles. The Morgan fingerprint density at radius 2 is 1.71 bits per heavy atom. The summed E-state index contributed by atoms with van der Waals surface area (Å²) in [4.78, 5) is 0. The molecule has 0 amide bonds. The second-order valence-electron chi connectivity index (χ2n) is 3.15. The Morgan fingerprint density at radius 1 is 1.18 bits per heavy atom. The second kappa shape index (κ2) is 8.11. The van der Waals surface area contributed by atoms with Gasteiger partial charge in [0.15, 0.2) is 0 Å². The lowest BCUT2D eigenvalue weighted by molar-refractivity contribution is 0.00447. The van der Waals surface area contributed by atoms with Gasteiger partial charge in [0.2, 0.25) is 0 Å². The standard InChI is InChI=1S/C9H20F2NO4P/c1-3-15-17(13,16-4-2)9(10,11)5-7-14-8-6-12/h3-8,12H2,1-2H3. The average Bonchev–Trinajstić information content (AvgIpc) is 2.25. The van der Waals surface area contributed by atoms with Gasteiger partial charge in [0.1, 0.15) is 0 Å². The second-order valence-corrected chi connectivity index (χ2v) is 5.32. The van der Waals surface area contributed by atoms with Gasteiger partial charge in [0, 0.05) is 13.0 Å². The summed E-state index contributed by atoms with van der Waals surface area (Å²) in [6.45, 7) is 2.95. The fourth-order valence-electron chi connectivity index (χ4n) is 1.08. The predicted molar refractivity (Wildman–Crippen MR) is 60.3 cm³/mol. The van der Waals surface area contributed by atoms with E-state index >= 15 is 0 Å². The van der Waals surface area contributed by atoms with Crippen molar-refractivity contribution >= 4 is 7.60 Å². The highest BCUT2D eigenvalue weighted by atomic mass is 31.2.